The van der Waals surface area contributed by atoms with Crippen molar-refractivity contribution in [1.82, 2.24) is 4.98 Å². The van der Waals surface area contributed by atoms with Gasteiger partial charge in [-0.05, 0) is 25.1 Å². The van der Waals surface area contributed by atoms with E-state index in [1.54, 1.807) is 29.8 Å². The Labute approximate surface area is 115 Å². The van der Waals surface area contributed by atoms with Gasteiger partial charge in [-0.1, -0.05) is 11.8 Å². The zero-order valence-electron chi connectivity index (χ0n) is 10.3. The number of nitrogens with zero attached hydrogens (tertiary/aromatic N) is 1. The van der Waals surface area contributed by atoms with E-state index < -0.39 is 0 Å². The summed E-state index contributed by atoms with van der Waals surface area (Å²) in [5, 5.41) is 13.1. The molecule has 96 valence electrons. The van der Waals surface area contributed by atoms with Gasteiger partial charge in [-0.3, -0.25) is 9.78 Å². The van der Waals surface area contributed by atoms with Crippen LogP contribution in [0.25, 0.3) is 0 Å². The topological polar surface area (TPSA) is 62.2 Å². The highest BCUT2D eigenvalue weighted by Gasteiger charge is 2.08. The third-order valence-corrected chi connectivity index (χ3v) is 3.15. The molecule has 1 amide bonds. The Bertz CT molecular complexity index is 653. The largest absolute Gasteiger partial charge is 0.384 e. The maximum atomic E-state index is 12.0. The predicted molar refractivity (Wildman–Crippen MR) is 75.2 cm³/mol. The fourth-order valence-corrected chi connectivity index (χ4v) is 2.23. The van der Waals surface area contributed by atoms with E-state index in [2.05, 4.69) is 22.1 Å². The number of aromatic nitrogens is 1. The molecule has 2 aromatic rings. The van der Waals surface area contributed by atoms with Crippen molar-refractivity contribution in [2.45, 2.75) is 6.92 Å². The molecule has 5 heteroatoms. The molecule has 0 fully saturated rings. The average Bonchev–Trinajstić information content (AvgIpc) is 2.85. The number of carbonyl (C=O) groups excluding carboxylic acids is 1. The van der Waals surface area contributed by atoms with Crippen molar-refractivity contribution in [2.24, 2.45) is 0 Å². The van der Waals surface area contributed by atoms with Gasteiger partial charge in [0.1, 0.15) is 6.61 Å². The van der Waals surface area contributed by atoms with Crippen LogP contribution in [0, 0.1) is 18.8 Å². The highest BCUT2D eigenvalue weighted by atomic mass is 32.1. The van der Waals surface area contributed by atoms with Crippen LogP contribution in [0.1, 0.15) is 20.9 Å². The van der Waals surface area contributed by atoms with E-state index in [9.17, 15) is 4.79 Å². The van der Waals surface area contributed by atoms with Crippen molar-refractivity contribution in [2.75, 3.05) is 11.9 Å². The minimum Gasteiger partial charge on any atom is -0.384 e. The molecule has 0 bridgehead atoms. The monoisotopic (exact) mass is 272 g/mol. The SMILES string of the molecule is Cc1cc(NC(=O)c2csc(C#CCO)c2)ccn1. The molecule has 2 N–H and O–H groups in total. The van der Waals surface area contributed by atoms with Crippen LogP contribution in [0.15, 0.2) is 29.8 Å². The summed E-state index contributed by atoms with van der Waals surface area (Å²) in [5.41, 5.74) is 2.12. The number of amides is 1. The lowest BCUT2D eigenvalue weighted by Crippen LogP contribution is -2.10. The van der Waals surface area contributed by atoms with Crippen molar-refractivity contribution >= 4 is 22.9 Å². The molecule has 0 spiro atoms. The summed E-state index contributed by atoms with van der Waals surface area (Å²) in [6.45, 7) is 1.68. The van der Waals surface area contributed by atoms with Crippen molar-refractivity contribution in [3.05, 3.63) is 45.9 Å². The van der Waals surface area contributed by atoms with E-state index >= 15 is 0 Å². The van der Waals surface area contributed by atoms with Crippen LogP contribution in [0.3, 0.4) is 0 Å². The number of aliphatic hydroxyl groups excluding tert-OH is 1. The van der Waals surface area contributed by atoms with Crippen LogP contribution in [0.2, 0.25) is 0 Å². The number of thiophene rings is 1. The highest BCUT2D eigenvalue weighted by Crippen LogP contribution is 2.16. The average molecular weight is 272 g/mol. The molecule has 0 saturated carbocycles. The lowest BCUT2D eigenvalue weighted by atomic mass is 10.2. The molecule has 0 aliphatic carbocycles. The van der Waals surface area contributed by atoms with Gasteiger partial charge in [0.05, 0.1) is 10.4 Å². The molecule has 2 aromatic heterocycles. The van der Waals surface area contributed by atoms with Crippen LogP contribution in [0.4, 0.5) is 5.69 Å². The maximum Gasteiger partial charge on any atom is 0.256 e. The third-order valence-electron chi connectivity index (χ3n) is 2.31. The molecule has 2 heterocycles. The number of carbonyl (C=O) groups is 1. The van der Waals surface area contributed by atoms with E-state index in [0.29, 0.717) is 11.3 Å². The second-order valence-corrected chi connectivity index (χ2v) is 4.71. The molecule has 0 aliphatic rings. The second kappa shape index (κ2) is 6.14. The van der Waals surface area contributed by atoms with Crippen LogP contribution >= 0.6 is 11.3 Å². The van der Waals surface area contributed by atoms with Crippen molar-refractivity contribution in [3.8, 4) is 11.8 Å². The summed E-state index contributed by atoms with van der Waals surface area (Å²) < 4.78 is 0. The van der Waals surface area contributed by atoms with Crippen LogP contribution in [-0.2, 0) is 0 Å². The van der Waals surface area contributed by atoms with Crippen molar-refractivity contribution in [3.63, 3.8) is 0 Å². The first-order chi connectivity index (χ1) is 9.19. The molecule has 0 aromatic carbocycles. The fourth-order valence-electron chi connectivity index (χ4n) is 1.47. The molecule has 0 atom stereocenters. The lowest BCUT2D eigenvalue weighted by molar-refractivity contribution is 0.102. The number of hydrogen-bond donors (Lipinski definition) is 2. The molecular weight excluding hydrogens is 260 g/mol. The Balaban J connectivity index is 2.10. The first-order valence-corrected chi connectivity index (χ1v) is 6.49. The standard InChI is InChI=1S/C14H12N2O2S/c1-10-7-12(4-5-15-10)16-14(18)11-8-13(19-9-11)3-2-6-17/h4-5,7-9,17H,6H2,1H3,(H,15,16,18). The normalized spacial score (nSPS) is 9.58. The Morgan fingerprint density at radius 1 is 1.53 bits per heavy atom. The van der Waals surface area contributed by atoms with Crippen LogP contribution < -0.4 is 5.32 Å². The Morgan fingerprint density at radius 3 is 3.11 bits per heavy atom. The van der Waals surface area contributed by atoms with Gasteiger partial charge in [0.25, 0.3) is 5.91 Å². The van der Waals surface area contributed by atoms with Gasteiger partial charge in [-0.2, -0.15) is 0 Å². The molecular formula is C14H12N2O2S. The summed E-state index contributed by atoms with van der Waals surface area (Å²) in [4.78, 5) is 16.8. The smallest absolute Gasteiger partial charge is 0.256 e. The summed E-state index contributed by atoms with van der Waals surface area (Å²) >= 11 is 1.37. The van der Waals surface area contributed by atoms with E-state index in [-0.39, 0.29) is 12.5 Å². The van der Waals surface area contributed by atoms with Gasteiger partial charge in [0.2, 0.25) is 0 Å². The van der Waals surface area contributed by atoms with E-state index in [4.69, 9.17) is 5.11 Å². The quantitative estimate of drug-likeness (QED) is 0.822. The van der Waals surface area contributed by atoms with E-state index in [1.165, 1.54) is 11.3 Å². The number of pyridine rings is 1. The number of rotatable bonds is 2. The van der Waals surface area contributed by atoms with Gasteiger partial charge in [-0.15, -0.1) is 11.3 Å². The summed E-state index contributed by atoms with van der Waals surface area (Å²) in [6.07, 6.45) is 1.65. The van der Waals surface area contributed by atoms with Gasteiger partial charge < -0.3 is 10.4 Å². The Hall–Kier alpha value is -2.16. The van der Waals surface area contributed by atoms with Crippen LogP contribution in [-0.4, -0.2) is 22.6 Å². The Morgan fingerprint density at radius 2 is 2.37 bits per heavy atom. The summed E-state index contributed by atoms with van der Waals surface area (Å²) in [5.74, 6) is 5.14. The predicted octanol–water partition coefficient (Wildman–Crippen LogP) is 2.05. The van der Waals surface area contributed by atoms with E-state index in [1.807, 2.05) is 6.92 Å². The van der Waals surface area contributed by atoms with Gasteiger partial charge in [0, 0.05) is 23.0 Å². The summed E-state index contributed by atoms with van der Waals surface area (Å²) in [7, 11) is 0. The number of aliphatic hydroxyl groups is 1. The highest BCUT2D eigenvalue weighted by molar-refractivity contribution is 7.10. The molecule has 0 saturated heterocycles. The van der Waals surface area contributed by atoms with E-state index in [0.717, 1.165) is 10.6 Å². The molecule has 0 radical (unpaired) electrons. The first kappa shape index (κ1) is 13.3. The molecule has 19 heavy (non-hydrogen) atoms. The summed E-state index contributed by atoms with van der Waals surface area (Å²) in [6, 6.07) is 5.25. The number of anilines is 1. The maximum absolute atomic E-state index is 12.0. The second-order valence-electron chi connectivity index (χ2n) is 3.80. The zero-order valence-corrected chi connectivity index (χ0v) is 11.1. The molecule has 2 rings (SSSR count). The van der Waals surface area contributed by atoms with Crippen molar-refractivity contribution < 1.29 is 9.90 Å². The Kier molecular flexibility index (Phi) is 4.29. The third kappa shape index (κ3) is 3.65. The number of nitrogens with one attached hydrogen (secondary N) is 1. The lowest BCUT2D eigenvalue weighted by Gasteiger charge is -2.03. The number of hydrogen-bond acceptors (Lipinski definition) is 4. The number of aryl methyl sites for hydroxylation is 1. The molecule has 0 unspecified atom stereocenters. The minimum atomic E-state index is -0.185. The first-order valence-electron chi connectivity index (χ1n) is 5.61. The minimum absolute atomic E-state index is 0.182. The molecule has 4 nitrogen and oxygen atoms in total. The van der Waals surface area contributed by atoms with Crippen molar-refractivity contribution in [1.29, 1.82) is 0 Å². The fraction of sp³-hybridized carbons (Fsp3) is 0.143. The van der Waals surface area contributed by atoms with Gasteiger partial charge in [-0.25, -0.2) is 0 Å². The zero-order chi connectivity index (χ0) is 13.7. The van der Waals surface area contributed by atoms with Gasteiger partial charge >= 0.3 is 0 Å². The van der Waals surface area contributed by atoms with Crippen LogP contribution in [0.5, 0.6) is 0 Å². The molecule has 0 aliphatic heterocycles. The van der Waals surface area contributed by atoms with Gasteiger partial charge in [0.15, 0.2) is 0 Å².